The molecule has 0 aromatic rings. The number of hydrogen-bond donors (Lipinski definition) is 3. The Balaban J connectivity index is 4.93. The van der Waals surface area contributed by atoms with Crippen molar-refractivity contribution in [3.8, 4) is 0 Å². The van der Waals surface area contributed by atoms with Gasteiger partial charge in [-0.2, -0.15) is 0 Å². The second kappa shape index (κ2) is 13.9. The first-order valence-corrected chi connectivity index (χ1v) is 10.1. The number of carbonyl (C=O) groups is 3. The van der Waals surface area contributed by atoms with Crippen LogP contribution in [0, 0.1) is 11.3 Å². The minimum absolute atomic E-state index is 0.0135. The fourth-order valence-corrected chi connectivity index (χ4v) is 2.52. The Bertz CT molecular complexity index is 554. The van der Waals surface area contributed by atoms with Gasteiger partial charge in [0.1, 0.15) is 6.61 Å². The largest absolute Gasteiger partial charge is 0.463 e. The molecule has 0 fully saturated rings. The number of nitrogens with one attached hydrogen (secondary N) is 2. The molecule has 0 unspecified atom stereocenters. The lowest BCUT2D eigenvalue weighted by molar-refractivity contribution is -0.146. The van der Waals surface area contributed by atoms with E-state index in [0.717, 1.165) is 6.42 Å². The molecule has 0 saturated carbocycles. The van der Waals surface area contributed by atoms with Crippen LogP contribution in [0.15, 0.2) is 25.3 Å². The van der Waals surface area contributed by atoms with Crippen molar-refractivity contribution in [3.05, 3.63) is 25.3 Å². The second-order valence-corrected chi connectivity index (χ2v) is 8.37. The van der Waals surface area contributed by atoms with Gasteiger partial charge in [0, 0.05) is 18.9 Å². The number of carbonyl (C=O) groups excluding carboxylic acids is 3. The van der Waals surface area contributed by atoms with Gasteiger partial charge in [0.15, 0.2) is 0 Å². The van der Waals surface area contributed by atoms with Crippen molar-refractivity contribution in [3.63, 3.8) is 0 Å². The van der Waals surface area contributed by atoms with Gasteiger partial charge in [-0.05, 0) is 31.6 Å². The van der Waals surface area contributed by atoms with Gasteiger partial charge in [0.25, 0.3) is 0 Å². The summed E-state index contributed by atoms with van der Waals surface area (Å²) in [4.78, 5) is 36.8. The van der Waals surface area contributed by atoms with Crippen molar-refractivity contribution in [2.45, 2.75) is 71.9 Å². The van der Waals surface area contributed by atoms with Crippen LogP contribution in [0.2, 0.25) is 0 Å². The van der Waals surface area contributed by atoms with Crippen LogP contribution < -0.4 is 10.6 Å². The lowest BCUT2D eigenvalue weighted by atomic mass is 9.86. The maximum atomic E-state index is 12.8. The van der Waals surface area contributed by atoms with Crippen molar-refractivity contribution in [2.75, 3.05) is 13.2 Å². The molecule has 166 valence electrons. The van der Waals surface area contributed by atoms with Crippen molar-refractivity contribution in [1.29, 1.82) is 0 Å². The summed E-state index contributed by atoms with van der Waals surface area (Å²) in [6.07, 6.45) is 5.40. The van der Waals surface area contributed by atoms with E-state index in [1.807, 2.05) is 20.8 Å². The molecular formula is C22H38N2O5. The summed E-state index contributed by atoms with van der Waals surface area (Å²) in [5.41, 5.74) is -0.344. The van der Waals surface area contributed by atoms with Crippen molar-refractivity contribution in [2.24, 2.45) is 11.3 Å². The van der Waals surface area contributed by atoms with Gasteiger partial charge >= 0.3 is 5.97 Å². The van der Waals surface area contributed by atoms with Gasteiger partial charge in [0.2, 0.25) is 11.8 Å². The Kier molecular flexibility index (Phi) is 12.9. The lowest BCUT2D eigenvalue weighted by Gasteiger charge is -2.32. The second-order valence-electron chi connectivity index (χ2n) is 8.37. The quantitative estimate of drug-likeness (QED) is 0.232. The smallest absolute Gasteiger partial charge is 0.305 e. The third-order valence-corrected chi connectivity index (χ3v) is 4.50. The molecule has 0 rings (SSSR count). The van der Waals surface area contributed by atoms with E-state index in [4.69, 9.17) is 9.84 Å². The third kappa shape index (κ3) is 12.1. The molecule has 0 aliphatic carbocycles. The first kappa shape index (κ1) is 26.9. The zero-order valence-corrected chi connectivity index (χ0v) is 18.3. The summed E-state index contributed by atoms with van der Waals surface area (Å²) in [7, 11) is 0. The fourth-order valence-electron chi connectivity index (χ4n) is 2.52. The highest BCUT2D eigenvalue weighted by Crippen LogP contribution is 2.21. The summed E-state index contributed by atoms with van der Waals surface area (Å²) in [6.45, 7) is 14.7. The summed E-state index contributed by atoms with van der Waals surface area (Å²) in [5.74, 6) is -1.50. The standard InChI is InChI=1S/C22H38N2O5/c1-7-9-10-12-20(27)29-15-18(22(4,5)6)24-21(28)17(11-8-2)13-19(26)23-16(3)14-25/h7-8,16-18,25H,1-2,9-15H2,3-6H3,(H,23,26)(H,24,28)/t16-,17-,18-/m1/s1. The molecule has 2 amide bonds. The van der Waals surface area contributed by atoms with Crippen LogP contribution in [0.3, 0.4) is 0 Å². The Hall–Kier alpha value is -2.15. The predicted octanol–water partition coefficient (Wildman–Crippen LogP) is 2.50. The zero-order valence-electron chi connectivity index (χ0n) is 18.3. The number of aliphatic hydroxyl groups excluding tert-OH is 1. The Labute approximate surface area is 175 Å². The lowest BCUT2D eigenvalue weighted by Crippen LogP contribution is -2.49. The number of ether oxygens (including phenoxy) is 1. The Morgan fingerprint density at radius 1 is 1.14 bits per heavy atom. The third-order valence-electron chi connectivity index (χ3n) is 4.50. The molecule has 0 bridgehead atoms. The van der Waals surface area contributed by atoms with Crippen LogP contribution in [0.1, 0.15) is 59.8 Å². The molecule has 0 aliphatic rings. The van der Waals surface area contributed by atoms with Gasteiger partial charge in [-0.15, -0.1) is 13.2 Å². The van der Waals surface area contributed by atoms with Crippen LogP contribution in [0.5, 0.6) is 0 Å². The summed E-state index contributed by atoms with van der Waals surface area (Å²) >= 11 is 0. The van der Waals surface area contributed by atoms with Crippen LogP contribution in [-0.2, 0) is 19.1 Å². The number of rotatable bonds is 14. The zero-order chi connectivity index (χ0) is 22.4. The molecule has 0 aliphatic heterocycles. The van der Waals surface area contributed by atoms with E-state index in [0.29, 0.717) is 19.3 Å². The molecule has 0 saturated heterocycles. The molecule has 3 atom stereocenters. The highest BCUT2D eigenvalue weighted by atomic mass is 16.5. The van der Waals surface area contributed by atoms with Gasteiger partial charge in [0.05, 0.1) is 18.6 Å². The SMILES string of the molecule is C=CCCCC(=O)OC[C@@H](NC(=O)[C@H](CC=C)CC(=O)N[C@H](C)CO)C(C)(C)C. The van der Waals surface area contributed by atoms with E-state index >= 15 is 0 Å². The van der Waals surface area contributed by atoms with Gasteiger partial charge in [-0.3, -0.25) is 14.4 Å². The summed E-state index contributed by atoms with van der Waals surface area (Å²) < 4.78 is 5.35. The Morgan fingerprint density at radius 3 is 2.31 bits per heavy atom. The van der Waals surface area contributed by atoms with E-state index in [1.54, 1.807) is 19.1 Å². The number of amides is 2. The average Bonchev–Trinajstić information content (AvgIpc) is 2.63. The van der Waals surface area contributed by atoms with E-state index < -0.39 is 12.0 Å². The normalized spacial score (nSPS) is 14.2. The fraction of sp³-hybridized carbons (Fsp3) is 0.682. The minimum atomic E-state index is -0.591. The van der Waals surface area contributed by atoms with Crippen LogP contribution in [0.25, 0.3) is 0 Å². The maximum absolute atomic E-state index is 12.8. The average molecular weight is 411 g/mol. The molecule has 0 radical (unpaired) electrons. The van der Waals surface area contributed by atoms with E-state index in [1.165, 1.54) is 0 Å². The highest BCUT2D eigenvalue weighted by Gasteiger charge is 2.30. The number of allylic oxidation sites excluding steroid dienone is 2. The topological polar surface area (TPSA) is 105 Å². The van der Waals surface area contributed by atoms with E-state index in [2.05, 4.69) is 23.8 Å². The molecule has 7 nitrogen and oxygen atoms in total. The minimum Gasteiger partial charge on any atom is -0.463 e. The first-order valence-electron chi connectivity index (χ1n) is 10.1. The summed E-state index contributed by atoms with van der Waals surface area (Å²) in [6, 6.07) is -0.775. The van der Waals surface area contributed by atoms with Crippen molar-refractivity contribution >= 4 is 17.8 Å². The van der Waals surface area contributed by atoms with E-state index in [-0.39, 0.29) is 48.9 Å². The Morgan fingerprint density at radius 2 is 1.79 bits per heavy atom. The van der Waals surface area contributed by atoms with Crippen LogP contribution >= 0.6 is 0 Å². The van der Waals surface area contributed by atoms with E-state index in [9.17, 15) is 14.4 Å². The molecule has 0 aromatic heterocycles. The number of aliphatic hydroxyl groups is 1. The van der Waals surface area contributed by atoms with Gasteiger partial charge in [-0.1, -0.05) is 32.9 Å². The number of hydrogen-bond acceptors (Lipinski definition) is 5. The monoisotopic (exact) mass is 410 g/mol. The first-order chi connectivity index (χ1) is 13.5. The van der Waals surface area contributed by atoms with Crippen molar-refractivity contribution < 1.29 is 24.2 Å². The van der Waals surface area contributed by atoms with Crippen LogP contribution in [-0.4, -0.2) is 48.2 Å². The van der Waals surface area contributed by atoms with Crippen LogP contribution in [0.4, 0.5) is 0 Å². The summed E-state index contributed by atoms with van der Waals surface area (Å²) in [5, 5.41) is 14.6. The molecule has 0 spiro atoms. The molecule has 3 N–H and O–H groups in total. The number of esters is 1. The van der Waals surface area contributed by atoms with Gasteiger partial charge in [-0.25, -0.2) is 0 Å². The molecular weight excluding hydrogens is 372 g/mol. The van der Waals surface area contributed by atoms with Crippen molar-refractivity contribution in [1.82, 2.24) is 10.6 Å². The predicted molar refractivity (Wildman–Crippen MR) is 114 cm³/mol. The highest BCUT2D eigenvalue weighted by molar-refractivity contribution is 5.86. The molecule has 0 aromatic carbocycles. The maximum Gasteiger partial charge on any atom is 0.305 e. The molecule has 7 heteroatoms. The number of unbranched alkanes of at least 4 members (excludes halogenated alkanes) is 1. The van der Waals surface area contributed by atoms with Gasteiger partial charge < -0.3 is 20.5 Å². The molecule has 0 heterocycles. The molecule has 29 heavy (non-hydrogen) atoms.